The number of fused-ring (bicyclic) bond motifs is 15. The maximum Gasteiger partial charge on any atom is 0.137 e. The van der Waals surface area contributed by atoms with Gasteiger partial charge < -0.3 is 27.8 Å². The first-order valence-corrected chi connectivity index (χ1v) is 28.6. The van der Waals surface area contributed by atoms with Crippen molar-refractivity contribution in [1.82, 2.24) is 9.13 Å². The number of benzene rings is 14. The molecule has 0 radical (unpaired) electrons. The van der Waals surface area contributed by atoms with Crippen LogP contribution in [-0.2, 0) is 0 Å². The van der Waals surface area contributed by atoms with Crippen molar-refractivity contribution in [2.45, 2.75) is 0 Å². The summed E-state index contributed by atoms with van der Waals surface area (Å²) in [4.78, 5) is 4.68. The summed E-state index contributed by atoms with van der Waals surface area (Å²) >= 11 is 0. The molecule has 0 unspecified atom stereocenters. The van der Waals surface area contributed by atoms with E-state index in [1.54, 1.807) is 0 Å². The summed E-state index contributed by atoms with van der Waals surface area (Å²) in [5.41, 5.74) is 16.5. The molecule has 0 spiro atoms. The Kier molecular flexibility index (Phi) is 9.99. The third kappa shape index (κ3) is 7.17. The topological polar surface area (TPSA) is 42.6 Å². The third-order valence-electron chi connectivity index (χ3n) is 17.3. The molecule has 0 saturated heterocycles. The molecule has 0 aliphatic rings. The molecule has 0 amide bonds. The first-order valence-electron chi connectivity index (χ1n) is 28.6. The standard InChI is InChI=1S/C78H48N4O2/c1-5-21-55(22-6-1)79(59-31-35-71-67(45-59)65-37-49-17-13-15-19-51(49)41-73(65)81(71)57-25-9-3-10-26-57)61-29-33-63-69-39-53-44-76-70(40-54(53)43-75(69)83-77(63)47-61)64-34-30-62(48-78(64)84-76)80(56-23-7-2-8-24-56)60-32-36-72-68(46-60)66-38-50-18-14-16-20-52(50)42-74(66)82(72)58-27-11-4-12-28-58/h1-48H. The normalized spacial score (nSPS) is 12.0. The Labute approximate surface area is 481 Å². The number of hydrogen-bond donors (Lipinski definition) is 0. The maximum absolute atomic E-state index is 6.88. The van der Waals surface area contributed by atoms with E-state index < -0.39 is 0 Å². The van der Waals surface area contributed by atoms with Gasteiger partial charge in [-0.05, 0) is 190 Å². The van der Waals surface area contributed by atoms with Gasteiger partial charge in [-0.25, -0.2) is 0 Å². The Morgan fingerprint density at radius 3 is 0.940 bits per heavy atom. The molecule has 6 nitrogen and oxygen atoms in total. The van der Waals surface area contributed by atoms with Gasteiger partial charge in [0, 0.05) is 101 Å². The Hall–Kier alpha value is -11.3. The van der Waals surface area contributed by atoms with E-state index in [0.717, 1.165) is 111 Å². The van der Waals surface area contributed by atoms with E-state index in [9.17, 15) is 0 Å². The van der Waals surface area contributed by atoms with Crippen molar-refractivity contribution in [2.75, 3.05) is 9.80 Å². The predicted molar refractivity (Wildman–Crippen MR) is 352 cm³/mol. The first-order chi connectivity index (χ1) is 41.6. The van der Waals surface area contributed by atoms with E-state index in [1.165, 1.54) is 54.1 Å². The molecule has 392 valence electrons. The fourth-order valence-electron chi connectivity index (χ4n) is 13.5. The second kappa shape index (κ2) is 18.1. The van der Waals surface area contributed by atoms with E-state index in [0.29, 0.717) is 0 Å². The van der Waals surface area contributed by atoms with Crippen LogP contribution in [0.5, 0.6) is 0 Å². The average molecular weight is 1070 g/mol. The van der Waals surface area contributed by atoms with Gasteiger partial charge in [0.25, 0.3) is 0 Å². The predicted octanol–water partition coefficient (Wildman–Crippen LogP) is 22.1. The van der Waals surface area contributed by atoms with E-state index in [2.05, 4.69) is 310 Å². The molecule has 0 N–H and O–H groups in total. The third-order valence-corrected chi connectivity index (χ3v) is 17.3. The van der Waals surface area contributed by atoms with Crippen molar-refractivity contribution in [1.29, 1.82) is 0 Å². The minimum absolute atomic E-state index is 0.825. The van der Waals surface area contributed by atoms with E-state index in [-0.39, 0.29) is 0 Å². The number of aromatic nitrogens is 2. The fourth-order valence-corrected chi connectivity index (χ4v) is 13.5. The van der Waals surface area contributed by atoms with Crippen molar-refractivity contribution in [3.63, 3.8) is 0 Å². The molecule has 84 heavy (non-hydrogen) atoms. The van der Waals surface area contributed by atoms with Crippen molar-refractivity contribution in [3.05, 3.63) is 291 Å². The van der Waals surface area contributed by atoms with Gasteiger partial charge in [0.15, 0.2) is 0 Å². The quantitative estimate of drug-likeness (QED) is 0.152. The molecule has 6 heteroatoms. The molecule has 18 rings (SSSR count). The van der Waals surface area contributed by atoms with Gasteiger partial charge in [0.05, 0.1) is 22.1 Å². The molecule has 4 aromatic heterocycles. The molecule has 0 fully saturated rings. The lowest BCUT2D eigenvalue weighted by Crippen LogP contribution is -2.09. The maximum atomic E-state index is 6.88. The zero-order valence-electron chi connectivity index (χ0n) is 45.3. The van der Waals surface area contributed by atoms with Crippen LogP contribution in [0.25, 0.3) is 131 Å². The van der Waals surface area contributed by atoms with Gasteiger partial charge in [0.2, 0.25) is 0 Å². The Morgan fingerprint density at radius 1 is 0.202 bits per heavy atom. The summed E-state index contributed by atoms with van der Waals surface area (Å²) in [5.74, 6) is 0. The molecular formula is C78H48N4O2. The minimum Gasteiger partial charge on any atom is -0.456 e. The van der Waals surface area contributed by atoms with Gasteiger partial charge in [-0.15, -0.1) is 0 Å². The van der Waals surface area contributed by atoms with Gasteiger partial charge in [-0.3, -0.25) is 0 Å². The molecule has 0 aliphatic heterocycles. The van der Waals surface area contributed by atoms with E-state index >= 15 is 0 Å². The van der Waals surface area contributed by atoms with Crippen LogP contribution in [0.1, 0.15) is 0 Å². The zero-order chi connectivity index (χ0) is 55.0. The van der Waals surface area contributed by atoms with Crippen LogP contribution in [0, 0.1) is 0 Å². The molecule has 0 saturated carbocycles. The summed E-state index contributed by atoms with van der Waals surface area (Å²) in [7, 11) is 0. The fraction of sp³-hybridized carbons (Fsp3) is 0. The lowest BCUT2D eigenvalue weighted by molar-refractivity contribution is 0.668. The van der Waals surface area contributed by atoms with Crippen LogP contribution in [0.4, 0.5) is 34.1 Å². The van der Waals surface area contributed by atoms with Gasteiger partial charge in [-0.1, -0.05) is 121 Å². The molecule has 14 aromatic carbocycles. The Bertz CT molecular complexity index is 5330. The monoisotopic (exact) mass is 1070 g/mol. The number of hydrogen-bond acceptors (Lipinski definition) is 4. The van der Waals surface area contributed by atoms with Crippen molar-refractivity contribution >= 4 is 154 Å². The highest BCUT2D eigenvalue weighted by Crippen LogP contribution is 2.46. The van der Waals surface area contributed by atoms with Crippen LogP contribution in [0.2, 0.25) is 0 Å². The summed E-state index contributed by atoms with van der Waals surface area (Å²) in [6.45, 7) is 0. The Morgan fingerprint density at radius 2 is 0.524 bits per heavy atom. The van der Waals surface area contributed by atoms with Crippen molar-refractivity contribution in [2.24, 2.45) is 0 Å². The van der Waals surface area contributed by atoms with Gasteiger partial charge in [-0.2, -0.15) is 0 Å². The number of rotatable bonds is 8. The summed E-state index contributed by atoms with van der Waals surface area (Å²) in [5, 5.41) is 16.1. The van der Waals surface area contributed by atoms with Crippen LogP contribution in [0.3, 0.4) is 0 Å². The molecular weight excluding hydrogens is 1020 g/mol. The van der Waals surface area contributed by atoms with Crippen molar-refractivity contribution in [3.8, 4) is 11.4 Å². The number of anilines is 6. The van der Waals surface area contributed by atoms with Crippen LogP contribution >= 0.6 is 0 Å². The summed E-state index contributed by atoms with van der Waals surface area (Å²) < 4.78 is 18.6. The SMILES string of the molecule is c1ccc(N(c2ccc3c(c2)oc2cc4cc5c(cc4cc23)oc2cc(N(c3ccccc3)c3ccc4c(c3)c3cc6ccccc6cc3n4-c3ccccc3)ccc25)c2ccc3c(c2)c2cc4ccccc4cc2n3-c2ccccc2)cc1. The largest absolute Gasteiger partial charge is 0.456 e. The molecule has 0 bridgehead atoms. The summed E-state index contributed by atoms with van der Waals surface area (Å²) in [6, 6.07) is 105. The van der Waals surface area contributed by atoms with Crippen LogP contribution in [0.15, 0.2) is 300 Å². The smallest absolute Gasteiger partial charge is 0.137 e. The Balaban J connectivity index is 0.735. The number of nitrogens with zero attached hydrogens (tertiary/aromatic N) is 4. The molecule has 4 heterocycles. The second-order valence-electron chi connectivity index (χ2n) is 22.1. The van der Waals surface area contributed by atoms with Gasteiger partial charge in [0.1, 0.15) is 22.3 Å². The highest BCUT2D eigenvalue weighted by molar-refractivity contribution is 6.18. The van der Waals surface area contributed by atoms with Gasteiger partial charge >= 0.3 is 0 Å². The van der Waals surface area contributed by atoms with Crippen LogP contribution in [-0.4, -0.2) is 9.13 Å². The highest BCUT2D eigenvalue weighted by atomic mass is 16.3. The lowest BCUT2D eigenvalue weighted by atomic mass is 10.0. The lowest BCUT2D eigenvalue weighted by Gasteiger charge is -2.25. The first kappa shape index (κ1) is 46.4. The average Bonchev–Trinajstić information content (AvgIpc) is 4.48. The van der Waals surface area contributed by atoms with Crippen molar-refractivity contribution < 1.29 is 8.83 Å². The molecule has 0 aliphatic carbocycles. The van der Waals surface area contributed by atoms with E-state index in [4.69, 9.17) is 8.83 Å². The second-order valence-corrected chi connectivity index (χ2v) is 22.1. The molecule has 18 aromatic rings. The van der Waals surface area contributed by atoms with E-state index in [1.807, 2.05) is 0 Å². The zero-order valence-corrected chi connectivity index (χ0v) is 45.3. The minimum atomic E-state index is 0.825. The summed E-state index contributed by atoms with van der Waals surface area (Å²) in [6.07, 6.45) is 0. The number of furan rings is 2. The molecule has 0 atom stereocenters. The highest BCUT2D eigenvalue weighted by Gasteiger charge is 2.23. The van der Waals surface area contributed by atoms with Crippen LogP contribution < -0.4 is 9.80 Å². The number of para-hydroxylation sites is 4.